The van der Waals surface area contributed by atoms with Gasteiger partial charge in [0.25, 0.3) is 0 Å². The highest BCUT2D eigenvalue weighted by Gasteiger charge is 2.41. The van der Waals surface area contributed by atoms with Crippen LogP contribution in [0.3, 0.4) is 0 Å². The lowest BCUT2D eigenvalue weighted by Crippen LogP contribution is -2.48. The summed E-state index contributed by atoms with van der Waals surface area (Å²) in [4.78, 5) is 17.2. The minimum absolute atomic E-state index is 0.0301. The van der Waals surface area contributed by atoms with Gasteiger partial charge in [-0.15, -0.1) is 0 Å². The van der Waals surface area contributed by atoms with E-state index in [2.05, 4.69) is 10.3 Å². The molecule has 1 aliphatic rings. The van der Waals surface area contributed by atoms with Crippen LogP contribution in [0.1, 0.15) is 49.8 Å². The van der Waals surface area contributed by atoms with Gasteiger partial charge in [-0.05, 0) is 31.4 Å². The van der Waals surface area contributed by atoms with Crippen LogP contribution in [0.2, 0.25) is 0 Å². The number of aryl methyl sites for hydroxylation is 1. The van der Waals surface area contributed by atoms with E-state index in [4.69, 9.17) is 18.0 Å². The van der Waals surface area contributed by atoms with Crippen LogP contribution in [0.15, 0.2) is 18.3 Å². The van der Waals surface area contributed by atoms with E-state index in [1.807, 2.05) is 19.1 Å². The Labute approximate surface area is 131 Å². The van der Waals surface area contributed by atoms with Crippen molar-refractivity contribution in [1.29, 1.82) is 0 Å². The first-order valence-electron chi connectivity index (χ1n) is 7.54. The molecule has 3 N–H and O–H groups in total. The predicted molar refractivity (Wildman–Crippen MR) is 87.7 cm³/mol. The Balaban J connectivity index is 2.05. The maximum absolute atomic E-state index is 12.7. The molecule has 5 heteroatoms. The second-order valence-electron chi connectivity index (χ2n) is 5.85. The van der Waals surface area contributed by atoms with Gasteiger partial charge in [0, 0.05) is 18.4 Å². The van der Waals surface area contributed by atoms with Crippen LogP contribution in [-0.2, 0) is 11.3 Å². The molecule has 114 valence electrons. The van der Waals surface area contributed by atoms with Crippen LogP contribution in [-0.4, -0.2) is 15.9 Å². The van der Waals surface area contributed by atoms with Crippen molar-refractivity contribution >= 4 is 23.1 Å². The molecule has 0 aliphatic heterocycles. The Morgan fingerprint density at radius 2 is 2.00 bits per heavy atom. The zero-order valence-electron chi connectivity index (χ0n) is 12.5. The quantitative estimate of drug-likeness (QED) is 0.663. The van der Waals surface area contributed by atoms with Crippen LogP contribution >= 0.6 is 12.2 Å². The second kappa shape index (κ2) is 6.98. The van der Waals surface area contributed by atoms with E-state index in [0.29, 0.717) is 11.5 Å². The number of carbonyl (C=O) groups is 1. The highest BCUT2D eigenvalue weighted by atomic mass is 32.1. The van der Waals surface area contributed by atoms with E-state index in [1.54, 1.807) is 6.20 Å². The number of aromatic nitrogens is 1. The molecule has 0 unspecified atom stereocenters. The van der Waals surface area contributed by atoms with Crippen molar-refractivity contribution in [3.63, 3.8) is 0 Å². The molecule has 1 heterocycles. The van der Waals surface area contributed by atoms with E-state index in [1.165, 1.54) is 0 Å². The average molecular weight is 305 g/mol. The summed E-state index contributed by atoms with van der Waals surface area (Å²) in [5.41, 5.74) is 7.21. The average Bonchev–Trinajstić information content (AvgIpc) is 2.73. The first-order valence-corrected chi connectivity index (χ1v) is 7.95. The fourth-order valence-electron chi connectivity index (χ4n) is 2.87. The molecule has 1 aliphatic carbocycles. The van der Waals surface area contributed by atoms with E-state index in [9.17, 15) is 4.79 Å². The zero-order valence-corrected chi connectivity index (χ0v) is 13.3. The molecule has 0 saturated heterocycles. The number of nitrogens with two attached hydrogens (primary N) is 1. The number of thiocarbonyl (C=S) groups is 1. The molecule has 1 fully saturated rings. The van der Waals surface area contributed by atoms with E-state index >= 15 is 0 Å². The highest BCUT2D eigenvalue weighted by Crippen LogP contribution is 2.35. The van der Waals surface area contributed by atoms with E-state index in [0.717, 1.165) is 49.8 Å². The topological polar surface area (TPSA) is 68.0 Å². The van der Waals surface area contributed by atoms with Crippen molar-refractivity contribution in [2.75, 3.05) is 0 Å². The van der Waals surface area contributed by atoms with Crippen molar-refractivity contribution in [3.05, 3.63) is 29.6 Å². The van der Waals surface area contributed by atoms with Gasteiger partial charge in [0.15, 0.2) is 0 Å². The molecule has 0 radical (unpaired) electrons. The molecule has 1 aromatic rings. The van der Waals surface area contributed by atoms with Crippen molar-refractivity contribution in [3.8, 4) is 0 Å². The molecule has 1 aromatic heterocycles. The summed E-state index contributed by atoms with van der Waals surface area (Å²) in [6, 6.07) is 3.92. The highest BCUT2D eigenvalue weighted by molar-refractivity contribution is 7.80. The normalized spacial score (nSPS) is 17.8. The third kappa shape index (κ3) is 3.79. The number of rotatable bonds is 4. The summed E-state index contributed by atoms with van der Waals surface area (Å²) in [6.45, 7) is 2.41. The summed E-state index contributed by atoms with van der Waals surface area (Å²) >= 11 is 5.22. The minimum Gasteiger partial charge on any atom is -0.392 e. The van der Waals surface area contributed by atoms with Gasteiger partial charge < -0.3 is 11.1 Å². The Bertz CT molecular complexity index is 505. The summed E-state index contributed by atoms with van der Waals surface area (Å²) < 4.78 is 0. The van der Waals surface area contributed by atoms with Gasteiger partial charge in [-0.3, -0.25) is 9.78 Å². The van der Waals surface area contributed by atoms with Gasteiger partial charge >= 0.3 is 0 Å². The number of pyridine rings is 1. The molecule has 0 aromatic carbocycles. The van der Waals surface area contributed by atoms with E-state index < -0.39 is 5.41 Å². The number of hydrogen-bond acceptors (Lipinski definition) is 3. The summed E-state index contributed by atoms with van der Waals surface area (Å²) in [5.74, 6) is -0.0301. The Hall–Kier alpha value is -1.49. The third-order valence-electron chi connectivity index (χ3n) is 4.29. The van der Waals surface area contributed by atoms with Crippen LogP contribution in [0.4, 0.5) is 0 Å². The molecule has 1 amide bonds. The second-order valence-corrected chi connectivity index (χ2v) is 6.29. The number of nitrogens with zero attached hydrogens (tertiary/aromatic N) is 1. The standard InChI is InChI=1S/C16H23N3OS/c1-12-6-7-13(10-18-12)11-19-15(20)16(14(17)21)8-4-2-3-5-9-16/h6-7,10H,2-5,8-9,11H2,1H3,(H2,17,21)(H,19,20). The summed E-state index contributed by atoms with van der Waals surface area (Å²) in [6.07, 6.45) is 7.64. The first-order chi connectivity index (χ1) is 10.0. The Morgan fingerprint density at radius 1 is 1.33 bits per heavy atom. The van der Waals surface area contributed by atoms with Crippen LogP contribution in [0, 0.1) is 12.3 Å². The van der Waals surface area contributed by atoms with Crippen molar-refractivity contribution in [2.24, 2.45) is 11.1 Å². The van der Waals surface area contributed by atoms with Gasteiger partial charge in [0.1, 0.15) is 0 Å². The van der Waals surface area contributed by atoms with Crippen molar-refractivity contribution < 1.29 is 4.79 Å². The van der Waals surface area contributed by atoms with Gasteiger partial charge in [0.2, 0.25) is 5.91 Å². The number of hydrogen-bond donors (Lipinski definition) is 2. The lowest BCUT2D eigenvalue weighted by Gasteiger charge is -2.30. The lowest BCUT2D eigenvalue weighted by molar-refractivity contribution is -0.128. The molecular formula is C16H23N3OS. The maximum Gasteiger partial charge on any atom is 0.233 e. The molecule has 0 spiro atoms. The minimum atomic E-state index is -0.663. The molecule has 2 rings (SSSR count). The fourth-order valence-corrected chi connectivity index (χ4v) is 3.17. The summed E-state index contributed by atoms with van der Waals surface area (Å²) in [7, 11) is 0. The van der Waals surface area contributed by atoms with E-state index in [-0.39, 0.29) is 5.91 Å². The largest absolute Gasteiger partial charge is 0.392 e. The molecule has 0 atom stereocenters. The maximum atomic E-state index is 12.7. The molecule has 4 nitrogen and oxygen atoms in total. The van der Waals surface area contributed by atoms with Gasteiger partial charge in [-0.2, -0.15) is 0 Å². The Morgan fingerprint density at radius 3 is 2.52 bits per heavy atom. The molecule has 21 heavy (non-hydrogen) atoms. The number of carbonyl (C=O) groups excluding carboxylic acids is 1. The SMILES string of the molecule is Cc1ccc(CNC(=O)C2(C(N)=S)CCCCCC2)cn1. The Kier molecular flexibility index (Phi) is 5.28. The van der Waals surface area contributed by atoms with Crippen LogP contribution < -0.4 is 11.1 Å². The summed E-state index contributed by atoms with van der Waals surface area (Å²) in [5, 5.41) is 2.99. The predicted octanol–water partition coefficient (Wildman–Crippen LogP) is 2.63. The molecule has 0 bridgehead atoms. The first kappa shape index (κ1) is 15.9. The van der Waals surface area contributed by atoms with Gasteiger partial charge in [-0.25, -0.2) is 0 Å². The number of nitrogens with one attached hydrogen (secondary N) is 1. The van der Waals surface area contributed by atoms with Crippen LogP contribution in [0.5, 0.6) is 0 Å². The fraction of sp³-hybridized carbons (Fsp3) is 0.562. The monoisotopic (exact) mass is 305 g/mol. The van der Waals surface area contributed by atoms with Crippen molar-refractivity contribution in [1.82, 2.24) is 10.3 Å². The zero-order chi connectivity index (χ0) is 15.3. The third-order valence-corrected chi connectivity index (χ3v) is 4.68. The van der Waals surface area contributed by atoms with Gasteiger partial charge in [-0.1, -0.05) is 44.0 Å². The molecular weight excluding hydrogens is 282 g/mol. The number of amides is 1. The van der Waals surface area contributed by atoms with Crippen LogP contribution in [0.25, 0.3) is 0 Å². The van der Waals surface area contributed by atoms with Gasteiger partial charge in [0.05, 0.1) is 10.4 Å². The smallest absolute Gasteiger partial charge is 0.233 e. The van der Waals surface area contributed by atoms with Crippen molar-refractivity contribution in [2.45, 2.75) is 52.0 Å². The lowest BCUT2D eigenvalue weighted by atomic mass is 9.79. The molecule has 1 saturated carbocycles.